The van der Waals surface area contributed by atoms with E-state index in [1.165, 1.54) is 7.11 Å². The van der Waals surface area contributed by atoms with Gasteiger partial charge < -0.3 is 14.1 Å². The Kier molecular flexibility index (Phi) is 4.44. The maximum absolute atomic E-state index is 12.1. The lowest BCUT2D eigenvalue weighted by Crippen LogP contribution is -2.50. The third-order valence-corrected chi connectivity index (χ3v) is 3.23. The van der Waals surface area contributed by atoms with E-state index in [1.54, 1.807) is 17.0 Å². The van der Waals surface area contributed by atoms with E-state index in [9.17, 15) is 9.59 Å². The highest BCUT2D eigenvalue weighted by Gasteiger charge is 2.25. The first-order chi connectivity index (χ1) is 9.10. The van der Waals surface area contributed by atoms with Crippen molar-refractivity contribution in [1.82, 2.24) is 9.80 Å². The summed E-state index contributed by atoms with van der Waals surface area (Å²) in [5, 5.41) is 0.202. The quantitative estimate of drug-likeness (QED) is 0.772. The monoisotopic (exact) mass is 286 g/mol. The molecule has 0 N–H and O–H groups in total. The predicted octanol–water partition coefficient (Wildman–Crippen LogP) is 0.864. The number of esters is 1. The molecule has 0 saturated carbocycles. The van der Waals surface area contributed by atoms with Gasteiger partial charge in [-0.2, -0.15) is 0 Å². The van der Waals surface area contributed by atoms with Crippen LogP contribution in [0, 0.1) is 0 Å². The lowest BCUT2D eigenvalue weighted by atomic mass is 10.3. The second kappa shape index (κ2) is 6.08. The number of hydrogen-bond acceptors (Lipinski definition) is 5. The highest BCUT2D eigenvalue weighted by atomic mass is 35.5. The van der Waals surface area contributed by atoms with Crippen molar-refractivity contribution in [2.45, 2.75) is 0 Å². The van der Waals surface area contributed by atoms with E-state index in [1.807, 2.05) is 4.90 Å². The molecule has 0 aromatic carbocycles. The molecule has 0 spiro atoms. The predicted molar refractivity (Wildman–Crippen MR) is 68.1 cm³/mol. The standard InChI is InChI=1S/C12H15ClN2O4/c1-18-11(16)8-14-4-6-15(7-5-14)12(17)9-2-3-10(13)19-9/h2-3H,4-8H2,1H3. The van der Waals surface area contributed by atoms with Gasteiger partial charge in [-0.25, -0.2) is 0 Å². The van der Waals surface area contributed by atoms with E-state index in [4.69, 9.17) is 16.0 Å². The Morgan fingerprint density at radius 2 is 2.00 bits per heavy atom. The van der Waals surface area contributed by atoms with Crippen molar-refractivity contribution in [3.63, 3.8) is 0 Å². The second-order valence-electron chi connectivity index (χ2n) is 4.25. The number of furan rings is 1. The fraction of sp³-hybridized carbons (Fsp3) is 0.500. The molecule has 2 rings (SSSR count). The molecule has 1 amide bonds. The first-order valence-electron chi connectivity index (χ1n) is 5.94. The van der Waals surface area contributed by atoms with Crippen molar-refractivity contribution in [2.75, 3.05) is 39.8 Å². The summed E-state index contributed by atoms with van der Waals surface area (Å²) >= 11 is 5.64. The van der Waals surface area contributed by atoms with Crippen LogP contribution in [0.1, 0.15) is 10.6 Å². The van der Waals surface area contributed by atoms with Gasteiger partial charge in [-0.05, 0) is 23.7 Å². The Balaban J connectivity index is 1.86. The molecule has 7 heteroatoms. The van der Waals surface area contributed by atoms with Crippen LogP contribution in [0.5, 0.6) is 0 Å². The summed E-state index contributed by atoms with van der Waals surface area (Å²) in [6.07, 6.45) is 0. The number of piperazine rings is 1. The summed E-state index contributed by atoms with van der Waals surface area (Å²) in [5.74, 6) is -0.200. The number of halogens is 1. The molecule has 19 heavy (non-hydrogen) atoms. The van der Waals surface area contributed by atoms with Crippen LogP contribution in [0.3, 0.4) is 0 Å². The number of amides is 1. The SMILES string of the molecule is COC(=O)CN1CCN(C(=O)c2ccc(Cl)o2)CC1. The number of carbonyl (C=O) groups excluding carboxylic acids is 2. The number of carbonyl (C=O) groups is 2. The Labute approximate surface area is 115 Å². The fourth-order valence-electron chi connectivity index (χ4n) is 1.94. The molecule has 104 valence electrons. The highest BCUT2D eigenvalue weighted by molar-refractivity contribution is 6.29. The smallest absolute Gasteiger partial charge is 0.319 e. The first-order valence-corrected chi connectivity index (χ1v) is 6.31. The normalized spacial score (nSPS) is 16.4. The van der Waals surface area contributed by atoms with Gasteiger partial charge in [-0.15, -0.1) is 0 Å². The molecule has 1 aromatic heterocycles. The van der Waals surface area contributed by atoms with E-state index in [0.29, 0.717) is 26.2 Å². The molecule has 1 saturated heterocycles. The van der Waals surface area contributed by atoms with Crippen molar-refractivity contribution < 1.29 is 18.7 Å². The van der Waals surface area contributed by atoms with Gasteiger partial charge >= 0.3 is 5.97 Å². The molecule has 1 aliphatic rings. The second-order valence-corrected chi connectivity index (χ2v) is 4.62. The van der Waals surface area contributed by atoms with Crippen molar-refractivity contribution in [2.24, 2.45) is 0 Å². The van der Waals surface area contributed by atoms with Gasteiger partial charge in [-0.3, -0.25) is 14.5 Å². The zero-order valence-electron chi connectivity index (χ0n) is 10.6. The molecule has 0 radical (unpaired) electrons. The molecule has 0 aliphatic carbocycles. The van der Waals surface area contributed by atoms with Gasteiger partial charge in [-0.1, -0.05) is 0 Å². The van der Waals surface area contributed by atoms with Crippen LogP contribution in [-0.2, 0) is 9.53 Å². The number of ether oxygens (including phenoxy) is 1. The van der Waals surface area contributed by atoms with Crippen LogP contribution in [0.4, 0.5) is 0 Å². The van der Waals surface area contributed by atoms with Crippen LogP contribution in [0.15, 0.2) is 16.5 Å². The summed E-state index contributed by atoms with van der Waals surface area (Å²) in [5.41, 5.74) is 0. The molecular formula is C12H15ClN2O4. The minimum absolute atomic E-state index is 0.176. The molecule has 1 fully saturated rings. The number of methoxy groups -OCH3 is 1. The van der Waals surface area contributed by atoms with Gasteiger partial charge in [0, 0.05) is 26.2 Å². The maximum Gasteiger partial charge on any atom is 0.319 e. The van der Waals surface area contributed by atoms with E-state index in [-0.39, 0.29) is 29.4 Å². The van der Waals surface area contributed by atoms with E-state index in [0.717, 1.165) is 0 Å². The molecule has 0 unspecified atom stereocenters. The fourth-order valence-corrected chi connectivity index (χ4v) is 2.09. The summed E-state index contributed by atoms with van der Waals surface area (Å²) in [4.78, 5) is 26.8. The molecule has 2 heterocycles. The van der Waals surface area contributed by atoms with Crippen molar-refractivity contribution in [3.8, 4) is 0 Å². The van der Waals surface area contributed by atoms with Crippen molar-refractivity contribution in [3.05, 3.63) is 23.1 Å². The average molecular weight is 287 g/mol. The molecule has 0 bridgehead atoms. The van der Waals surface area contributed by atoms with Crippen LogP contribution >= 0.6 is 11.6 Å². The lowest BCUT2D eigenvalue weighted by molar-refractivity contribution is -0.142. The Morgan fingerprint density at radius 1 is 1.32 bits per heavy atom. The third-order valence-electron chi connectivity index (χ3n) is 3.02. The van der Waals surface area contributed by atoms with E-state index < -0.39 is 0 Å². The summed E-state index contributed by atoms with van der Waals surface area (Å²) in [6, 6.07) is 3.10. The molecule has 6 nitrogen and oxygen atoms in total. The third kappa shape index (κ3) is 3.48. The van der Waals surface area contributed by atoms with Crippen LogP contribution in [0.25, 0.3) is 0 Å². The zero-order valence-corrected chi connectivity index (χ0v) is 11.4. The molecular weight excluding hydrogens is 272 g/mol. The largest absolute Gasteiger partial charge is 0.468 e. The number of rotatable bonds is 3. The molecule has 1 aliphatic heterocycles. The number of nitrogens with zero attached hydrogens (tertiary/aromatic N) is 2. The lowest BCUT2D eigenvalue weighted by Gasteiger charge is -2.33. The first kappa shape index (κ1) is 13.9. The topological polar surface area (TPSA) is 63.0 Å². The highest BCUT2D eigenvalue weighted by Crippen LogP contribution is 2.16. The Morgan fingerprint density at radius 3 is 2.53 bits per heavy atom. The average Bonchev–Trinajstić information content (AvgIpc) is 2.85. The van der Waals surface area contributed by atoms with Crippen molar-refractivity contribution >= 4 is 23.5 Å². The Bertz CT molecular complexity index is 466. The van der Waals surface area contributed by atoms with E-state index >= 15 is 0 Å². The maximum atomic E-state index is 12.1. The minimum atomic E-state index is -0.266. The zero-order chi connectivity index (χ0) is 13.8. The Hall–Kier alpha value is -1.53. The number of hydrogen-bond donors (Lipinski definition) is 0. The van der Waals surface area contributed by atoms with Gasteiger partial charge in [0.1, 0.15) is 0 Å². The van der Waals surface area contributed by atoms with Crippen LogP contribution in [0.2, 0.25) is 5.22 Å². The minimum Gasteiger partial charge on any atom is -0.468 e. The summed E-state index contributed by atoms with van der Waals surface area (Å²) in [7, 11) is 1.36. The van der Waals surface area contributed by atoms with Gasteiger partial charge in [0.2, 0.25) is 0 Å². The van der Waals surface area contributed by atoms with E-state index in [2.05, 4.69) is 4.74 Å². The summed E-state index contributed by atoms with van der Waals surface area (Å²) in [6.45, 7) is 2.62. The van der Waals surface area contributed by atoms with Crippen LogP contribution < -0.4 is 0 Å². The van der Waals surface area contributed by atoms with Crippen molar-refractivity contribution in [1.29, 1.82) is 0 Å². The van der Waals surface area contributed by atoms with Crippen LogP contribution in [-0.4, -0.2) is 61.5 Å². The summed E-state index contributed by atoms with van der Waals surface area (Å²) < 4.78 is 9.70. The van der Waals surface area contributed by atoms with Gasteiger partial charge in [0.05, 0.1) is 13.7 Å². The molecule has 1 aromatic rings. The van der Waals surface area contributed by atoms with Gasteiger partial charge in [0.15, 0.2) is 11.0 Å². The van der Waals surface area contributed by atoms with Gasteiger partial charge in [0.25, 0.3) is 5.91 Å². The molecule has 0 atom stereocenters.